The first kappa shape index (κ1) is 37.4. The molecule has 0 aliphatic heterocycles. The molecule has 0 fully saturated rings. The molecule has 304 valence electrons. The summed E-state index contributed by atoms with van der Waals surface area (Å²) in [5, 5.41) is 6.96. The Kier molecular flexibility index (Phi) is 8.20. The number of hydrogen-bond donors (Lipinski definition) is 0. The first-order chi connectivity index (χ1) is 30.6. The number of nitrogens with zero attached hydrogens (tertiary/aromatic N) is 5. The van der Waals surface area contributed by atoms with Gasteiger partial charge in [-0.25, -0.2) is 4.98 Å². The monoisotopic (exact) mass is 813 g/mol. The van der Waals surface area contributed by atoms with Crippen molar-refractivity contribution in [1.29, 1.82) is 0 Å². The SMILES string of the molecule is CC1CC(C)(C)c2cc(-c3ccc(-n4c5ccccc5c5cc6c7ccccc7n(-c7nc(-c8ccccc8)nc(-c8cccc9ccccc89)n7)c6cc54)cc3)ccc2C1(C)C. The molecule has 3 aromatic heterocycles. The van der Waals surface area contributed by atoms with Gasteiger partial charge in [-0.15, -0.1) is 0 Å². The molecule has 5 heteroatoms. The number of fused-ring (bicyclic) bond motifs is 8. The van der Waals surface area contributed by atoms with Crippen LogP contribution in [0.3, 0.4) is 0 Å². The number of benzene rings is 8. The molecule has 0 amide bonds. The number of para-hydroxylation sites is 2. The van der Waals surface area contributed by atoms with E-state index in [4.69, 9.17) is 15.0 Å². The van der Waals surface area contributed by atoms with Crippen LogP contribution >= 0.6 is 0 Å². The third-order valence-corrected chi connectivity index (χ3v) is 14.3. The third-order valence-electron chi connectivity index (χ3n) is 14.3. The summed E-state index contributed by atoms with van der Waals surface area (Å²) in [6.07, 6.45) is 1.18. The lowest BCUT2D eigenvalue weighted by molar-refractivity contribution is 0.233. The Bertz CT molecular complexity index is 3600. The Morgan fingerprint density at radius 2 is 1.05 bits per heavy atom. The van der Waals surface area contributed by atoms with Crippen molar-refractivity contribution in [3.05, 3.63) is 187 Å². The average molecular weight is 814 g/mol. The van der Waals surface area contributed by atoms with Gasteiger partial charge in [0.05, 0.1) is 22.1 Å². The van der Waals surface area contributed by atoms with Crippen molar-refractivity contribution in [2.75, 3.05) is 0 Å². The fourth-order valence-electron chi connectivity index (χ4n) is 10.7. The van der Waals surface area contributed by atoms with E-state index in [1.807, 2.05) is 18.2 Å². The molecule has 1 aliphatic carbocycles. The quantitative estimate of drug-likeness (QED) is 0.174. The summed E-state index contributed by atoms with van der Waals surface area (Å²) < 4.78 is 4.65. The Morgan fingerprint density at radius 3 is 1.79 bits per heavy atom. The van der Waals surface area contributed by atoms with Crippen LogP contribution in [0.2, 0.25) is 0 Å². The minimum atomic E-state index is 0.124. The smallest absolute Gasteiger partial charge is 0.238 e. The maximum absolute atomic E-state index is 5.35. The molecule has 1 unspecified atom stereocenters. The molecule has 0 saturated carbocycles. The summed E-state index contributed by atoms with van der Waals surface area (Å²) in [5.41, 5.74) is 13.1. The zero-order chi connectivity index (χ0) is 42.6. The Balaban J connectivity index is 1.07. The van der Waals surface area contributed by atoms with Crippen LogP contribution in [-0.4, -0.2) is 24.1 Å². The predicted molar refractivity (Wildman–Crippen MR) is 262 cm³/mol. The standard InChI is InChI=1S/C58H47N5/c1-36-35-57(2,3)49-32-40(28-31-48(49)58(36,4)5)37-26-29-41(30-27-37)62-50-24-13-11-21-43(50)46-33-47-44-22-12-14-25-51(44)63(53(47)34-52(46)62)56-60-54(39-17-7-6-8-18-39)59-55(61-56)45-23-15-19-38-16-9-10-20-42(38)45/h6-34,36H,35H2,1-5H3. The maximum Gasteiger partial charge on any atom is 0.238 e. The van der Waals surface area contributed by atoms with Gasteiger partial charge in [-0.05, 0) is 92.6 Å². The zero-order valence-corrected chi connectivity index (χ0v) is 36.3. The minimum Gasteiger partial charge on any atom is -0.309 e. The average Bonchev–Trinajstić information content (AvgIpc) is 3.82. The fourth-order valence-corrected chi connectivity index (χ4v) is 10.7. The topological polar surface area (TPSA) is 48.5 Å². The Morgan fingerprint density at radius 1 is 0.444 bits per heavy atom. The molecule has 0 saturated heterocycles. The fraction of sp³-hybridized carbons (Fsp3) is 0.155. The van der Waals surface area contributed by atoms with Crippen molar-refractivity contribution in [3.8, 4) is 45.5 Å². The van der Waals surface area contributed by atoms with Crippen LogP contribution in [0.25, 0.3) is 99.9 Å². The van der Waals surface area contributed by atoms with Gasteiger partial charge in [0.1, 0.15) is 0 Å². The highest BCUT2D eigenvalue weighted by atomic mass is 15.2. The molecule has 3 heterocycles. The molecule has 0 radical (unpaired) electrons. The molecule has 0 bridgehead atoms. The molecule has 1 aliphatic rings. The number of hydrogen-bond acceptors (Lipinski definition) is 3. The molecule has 63 heavy (non-hydrogen) atoms. The van der Waals surface area contributed by atoms with Gasteiger partial charge in [-0.3, -0.25) is 4.57 Å². The summed E-state index contributed by atoms with van der Waals surface area (Å²) >= 11 is 0. The zero-order valence-electron chi connectivity index (χ0n) is 36.3. The Labute approximate surface area is 367 Å². The van der Waals surface area contributed by atoms with Crippen LogP contribution in [-0.2, 0) is 10.8 Å². The molecule has 1 atom stereocenters. The van der Waals surface area contributed by atoms with E-state index >= 15 is 0 Å². The van der Waals surface area contributed by atoms with Crippen molar-refractivity contribution < 1.29 is 0 Å². The van der Waals surface area contributed by atoms with Crippen LogP contribution in [0.5, 0.6) is 0 Å². The molecular formula is C58H47N5. The molecule has 12 rings (SSSR count). The summed E-state index contributed by atoms with van der Waals surface area (Å²) in [6.45, 7) is 12.1. The van der Waals surface area contributed by atoms with Crippen molar-refractivity contribution in [2.45, 2.75) is 51.9 Å². The van der Waals surface area contributed by atoms with Crippen molar-refractivity contribution in [1.82, 2.24) is 24.1 Å². The van der Waals surface area contributed by atoms with Crippen molar-refractivity contribution in [3.63, 3.8) is 0 Å². The highest BCUT2D eigenvalue weighted by molar-refractivity contribution is 6.19. The normalized spacial score (nSPS) is 15.7. The van der Waals surface area contributed by atoms with Gasteiger partial charge < -0.3 is 4.57 Å². The van der Waals surface area contributed by atoms with E-state index < -0.39 is 0 Å². The van der Waals surface area contributed by atoms with Gasteiger partial charge >= 0.3 is 0 Å². The van der Waals surface area contributed by atoms with E-state index in [1.54, 1.807) is 0 Å². The van der Waals surface area contributed by atoms with Crippen molar-refractivity contribution in [2.24, 2.45) is 5.92 Å². The van der Waals surface area contributed by atoms with E-state index in [1.165, 1.54) is 45.0 Å². The van der Waals surface area contributed by atoms with Gasteiger partial charge in [0, 0.05) is 38.4 Å². The lowest BCUT2D eigenvalue weighted by Gasteiger charge is -2.46. The highest BCUT2D eigenvalue weighted by Crippen LogP contribution is 2.50. The lowest BCUT2D eigenvalue weighted by Crippen LogP contribution is -2.40. The first-order valence-electron chi connectivity index (χ1n) is 22.2. The van der Waals surface area contributed by atoms with E-state index in [0.29, 0.717) is 23.5 Å². The summed E-state index contributed by atoms with van der Waals surface area (Å²) in [4.78, 5) is 15.8. The summed E-state index contributed by atoms with van der Waals surface area (Å²) in [5.74, 6) is 2.47. The molecule has 0 spiro atoms. The van der Waals surface area contributed by atoms with Crippen LogP contribution in [0.15, 0.2) is 176 Å². The third kappa shape index (κ3) is 5.79. The number of aromatic nitrogens is 5. The lowest BCUT2D eigenvalue weighted by atomic mass is 9.58. The van der Waals surface area contributed by atoms with Crippen LogP contribution in [0.1, 0.15) is 52.2 Å². The minimum absolute atomic E-state index is 0.124. The number of rotatable bonds is 5. The summed E-state index contributed by atoms with van der Waals surface area (Å²) in [6, 6.07) is 63.5. The second-order valence-electron chi connectivity index (χ2n) is 18.8. The van der Waals surface area contributed by atoms with E-state index in [2.05, 4.69) is 201 Å². The van der Waals surface area contributed by atoms with E-state index in [9.17, 15) is 0 Å². The summed E-state index contributed by atoms with van der Waals surface area (Å²) in [7, 11) is 0. The van der Waals surface area contributed by atoms with Crippen LogP contribution < -0.4 is 0 Å². The van der Waals surface area contributed by atoms with E-state index in [-0.39, 0.29) is 10.8 Å². The molecule has 11 aromatic rings. The molecule has 0 N–H and O–H groups in total. The van der Waals surface area contributed by atoms with Gasteiger partial charge in [-0.2, -0.15) is 9.97 Å². The van der Waals surface area contributed by atoms with Crippen molar-refractivity contribution >= 4 is 54.4 Å². The second kappa shape index (κ2) is 13.8. The van der Waals surface area contributed by atoms with Gasteiger partial charge in [0.15, 0.2) is 11.6 Å². The molecule has 5 nitrogen and oxygen atoms in total. The first-order valence-corrected chi connectivity index (χ1v) is 22.2. The van der Waals surface area contributed by atoms with Gasteiger partial charge in [-0.1, -0.05) is 174 Å². The predicted octanol–water partition coefficient (Wildman–Crippen LogP) is 14.8. The van der Waals surface area contributed by atoms with Crippen LogP contribution in [0, 0.1) is 5.92 Å². The Hall–Kier alpha value is -7.37. The maximum atomic E-state index is 5.35. The molecule has 8 aromatic carbocycles. The second-order valence-corrected chi connectivity index (χ2v) is 18.8. The highest BCUT2D eigenvalue weighted by Gasteiger charge is 2.42. The van der Waals surface area contributed by atoms with Crippen LogP contribution in [0.4, 0.5) is 0 Å². The van der Waals surface area contributed by atoms with Gasteiger partial charge in [0.2, 0.25) is 5.95 Å². The van der Waals surface area contributed by atoms with E-state index in [0.717, 1.165) is 54.9 Å². The largest absolute Gasteiger partial charge is 0.309 e. The molecular weight excluding hydrogens is 767 g/mol. The van der Waals surface area contributed by atoms with Gasteiger partial charge in [0.25, 0.3) is 0 Å².